The van der Waals surface area contributed by atoms with Crippen LogP contribution in [0.25, 0.3) is 0 Å². The lowest BCUT2D eigenvalue weighted by Crippen LogP contribution is -2.13. The summed E-state index contributed by atoms with van der Waals surface area (Å²) in [6.07, 6.45) is 0. The Morgan fingerprint density at radius 2 is 1.50 bits per heavy atom. The van der Waals surface area contributed by atoms with Crippen molar-refractivity contribution in [1.29, 1.82) is 0 Å². The molecule has 0 fully saturated rings. The molecule has 2 aromatic carbocycles. The number of hydrogen-bond donors (Lipinski definition) is 1. The molecule has 0 radical (unpaired) electrons. The molecule has 0 heterocycles. The zero-order chi connectivity index (χ0) is 20.7. The molecular weight excluding hydrogens is 390 g/mol. The topological polar surface area (TPSA) is 123 Å². The van der Waals surface area contributed by atoms with Gasteiger partial charge in [0.25, 0.3) is 0 Å². The highest BCUT2D eigenvalue weighted by Gasteiger charge is 2.18. The summed E-state index contributed by atoms with van der Waals surface area (Å²) in [4.78, 5) is 12.2. The highest BCUT2D eigenvalue weighted by Crippen LogP contribution is 2.38. The van der Waals surface area contributed by atoms with E-state index in [2.05, 4.69) is 0 Å². The maximum atomic E-state index is 12.2. The van der Waals surface area contributed by atoms with Gasteiger partial charge in [-0.2, -0.15) is 0 Å². The molecule has 0 saturated carbocycles. The predicted molar refractivity (Wildman–Crippen MR) is 99.7 cm³/mol. The van der Waals surface area contributed by atoms with E-state index < -0.39 is 16.0 Å². The molecule has 0 aliphatic carbocycles. The van der Waals surface area contributed by atoms with Gasteiger partial charge in [0.05, 0.1) is 31.8 Å². The number of primary sulfonamides is 1. The van der Waals surface area contributed by atoms with Crippen LogP contribution >= 0.6 is 0 Å². The number of methoxy groups -OCH3 is 3. The van der Waals surface area contributed by atoms with E-state index in [-0.39, 0.29) is 23.7 Å². The van der Waals surface area contributed by atoms with Crippen LogP contribution in [0.5, 0.6) is 23.0 Å². The molecule has 0 amide bonds. The average Bonchev–Trinajstić information content (AvgIpc) is 2.69. The standard InChI is InChI=1S/C18H21NO8S/c1-23-15-10-12(11-16(24-2)17(15)25-3)18(20)27-9-8-26-13-4-6-14(7-5-13)28(19,21)22/h4-7,10-11H,8-9H2,1-3H3,(H2,19,21,22). The summed E-state index contributed by atoms with van der Waals surface area (Å²) in [6.45, 7) is 0.0529. The van der Waals surface area contributed by atoms with Crippen molar-refractivity contribution < 1.29 is 36.9 Å². The van der Waals surface area contributed by atoms with Crippen LogP contribution in [0.2, 0.25) is 0 Å². The molecule has 0 bridgehead atoms. The second kappa shape index (κ2) is 9.29. The molecular formula is C18H21NO8S. The highest BCUT2D eigenvalue weighted by atomic mass is 32.2. The number of hydrogen-bond acceptors (Lipinski definition) is 8. The lowest BCUT2D eigenvalue weighted by Gasteiger charge is -2.14. The van der Waals surface area contributed by atoms with Crippen molar-refractivity contribution in [1.82, 2.24) is 0 Å². The third kappa shape index (κ3) is 5.27. The van der Waals surface area contributed by atoms with Crippen LogP contribution in [0, 0.1) is 0 Å². The Bertz CT molecular complexity index is 900. The predicted octanol–water partition coefficient (Wildman–Crippen LogP) is 1.60. The monoisotopic (exact) mass is 411 g/mol. The molecule has 2 N–H and O–H groups in total. The van der Waals surface area contributed by atoms with Gasteiger partial charge in [-0.15, -0.1) is 0 Å². The minimum atomic E-state index is -3.76. The SMILES string of the molecule is COc1cc(C(=O)OCCOc2ccc(S(N)(=O)=O)cc2)cc(OC)c1OC. The number of rotatable bonds is 9. The summed E-state index contributed by atoms with van der Waals surface area (Å²) < 4.78 is 48.6. The quantitative estimate of drug-likeness (QED) is 0.487. The Hall–Kier alpha value is -2.98. The summed E-state index contributed by atoms with van der Waals surface area (Å²) in [7, 11) is 0.598. The first kappa shape index (κ1) is 21.3. The zero-order valence-corrected chi connectivity index (χ0v) is 16.4. The first-order chi connectivity index (χ1) is 13.3. The first-order valence-electron chi connectivity index (χ1n) is 8.03. The van der Waals surface area contributed by atoms with Gasteiger partial charge in [-0.1, -0.05) is 0 Å². The van der Waals surface area contributed by atoms with Gasteiger partial charge in [0.2, 0.25) is 15.8 Å². The lowest BCUT2D eigenvalue weighted by molar-refractivity contribution is 0.0449. The fourth-order valence-electron chi connectivity index (χ4n) is 2.30. The molecule has 9 nitrogen and oxygen atoms in total. The number of nitrogens with two attached hydrogens (primary N) is 1. The van der Waals surface area contributed by atoms with Crippen LogP contribution in [0.1, 0.15) is 10.4 Å². The molecule has 0 aliphatic rings. The lowest BCUT2D eigenvalue weighted by atomic mass is 10.2. The molecule has 2 aromatic rings. The molecule has 152 valence electrons. The Kier molecular flexibility index (Phi) is 7.07. The number of sulfonamides is 1. The van der Waals surface area contributed by atoms with Crippen molar-refractivity contribution in [3.8, 4) is 23.0 Å². The maximum Gasteiger partial charge on any atom is 0.338 e. The zero-order valence-electron chi connectivity index (χ0n) is 15.6. The maximum absolute atomic E-state index is 12.2. The fraction of sp³-hybridized carbons (Fsp3) is 0.278. The van der Waals surface area contributed by atoms with Crippen LogP contribution in [0.15, 0.2) is 41.3 Å². The van der Waals surface area contributed by atoms with Gasteiger partial charge in [-0.25, -0.2) is 18.4 Å². The largest absolute Gasteiger partial charge is 0.493 e. The van der Waals surface area contributed by atoms with Crippen LogP contribution in [0.4, 0.5) is 0 Å². The van der Waals surface area contributed by atoms with Gasteiger partial charge < -0.3 is 23.7 Å². The summed E-state index contributed by atoms with van der Waals surface area (Å²) in [5.74, 6) is 0.858. The first-order valence-corrected chi connectivity index (χ1v) is 9.57. The van der Waals surface area contributed by atoms with Crippen LogP contribution in [0.3, 0.4) is 0 Å². The van der Waals surface area contributed by atoms with Gasteiger partial charge in [0.15, 0.2) is 11.5 Å². The molecule has 0 atom stereocenters. The van der Waals surface area contributed by atoms with Crippen molar-refractivity contribution in [2.75, 3.05) is 34.5 Å². The molecule has 0 aromatic heterocycles. The van der Waals surface area contributed by atoms with E-state index in [4.69, 9.17) is 28.8 Å². The summed E-state index contributed by atoms with van der Waals surface area (Å²) in [6, 6.07) is 8.54. The summed E-state index contributed by atoms with van der Waals surface area (Å²) >= 11 is 0. The Balaban J connectivity index is 1.94. The fourth-order valence-corrected chi connectivity index (χ4v) is 2.82. The highest BCUT2D eigenvalue weighted by molar-refractivity contribution is 7.89. The molecule has 10 heteroatoms. The minimum Gasteiger partial charge on any atom is -0.493 e. The number of carbonyl (C=O) groups excluding carboxylic acids is 1. The van der Waals surface area contributed by atoms with Crippen molar-refractivity contribution in [2.24, 2.45) is 5.14 Å². The third-order valence-electron chi connectivity index (χ3n) is 3.64. The second-order valence-corrected chi connectivity index (χ2v) is 6.98. The van der Waals surface area contributed by atoms with Gasteiger partial charge in [-0.05, 0) is 36.4 Å². The molecule has 0 saturated heterocycles. The van der Waals surface area contributed by atoms with E-state index in [0.717, 1.165) is 0 Å². The Labute approximate surface area is 163 Å². The minimum absolute atomic E-state index is 0.0197. The van der Waals surface area contributed by atoms with Gasteiger partial charge >= 0.3 is 5.97 Å². The molecule has 2 rings (SSSR count). The Morgan fingerprint density at radius 3 is 1.96 bits per heavy atom. The van der Waals surface area contributed by atoms with Crippen molar-refractivity contribution in [2.45, 2.75) is 4.90 Å². The number of esters is 1. The second-order valence-electron chi connectivity index (χ2n) is 5.41. The number of carbonyl (C=O) groups is 1. The Morgan fingerprint density at radius 1 is 0.929 bits per heavy atom. The normalized spacial score (nSPS) is 10.9. The number of ether oxygens (including phenoxy) is 5. The smallest absolute Gasteiger partial charge is 0.338 e. The van der Waals surface area contributed by atoms with E-state index in [1.165, 1.54) is 57.7 Å². The van der Waals surface area contributed by atoms with Gasteiger partial charge in [0.1, 0.15) is 19.0 Å². The van der Waals surface area contributed by atoms with E-state index in [9.17, 15) is 13.2 Å². The van der Waals surface area contributed by atoms with Crippen molar-refractivity contribution in [3.63, 3.8) is 0 Å². The molecule has 0 unspecified atom stereocenters. The van der Waals surface area contributed by atoms with E-state index in [1.54, 1.807) is 0 Å². The summed E-state index contributed by atoms with van der Waals surface area (Å²) in [5.41, 5.74) is 0.229. The van der Waals surface area contributed by atoms with Crippen LogP contribution in [-0.2, 0) is 14.8 Å². The van der Waals surface area contributed by atoms with E-state index in [1.807, 2.05) is 0 Å². The molecule has 0 aliphatic heterocycles. The molecule has 0 spiro atoms. The number of benzene rings is 2. The van der Waals surface area contributed by atoms with Crippen molar-refractivity contribution in [3.05, 3.63) is 42.0 Å². The van der Waals surface area contributed by atoms with Crippen molar-refractivity contribution >= 4 is 16.0 Å². The van der Waals surface area contributed by atoms with E-state index >= 15 is 0 Å². The van der Waals surface area contributed by atoms with E-state index in [0.29, 0.717) is 23.0 Å². The summed E-state index contributed by atoms with van der Waals surface area (Å²) in [5, 5.41) is 5.02. The van der Waals surface area contributed by atoms with Crippen LogP contribution in [-0.4, -0.2) is 48.9 Å². The van der Waals surface area contributed by atoms with Gasteiger partial charge in [-0.3, -0.25) is 0 Å². The molecule has 28 heavy (non-hydrogen) atoms. The van der Waals surface area contributed by atoms with Crippen LogP contribution < -0.4 is 24.1 Å². The van der Waals surface area contributed by atoms with Gasteiger partial charge in [0, 0.05) is 0 Å². The average molecular weight is 411 g/mol. The third-order valence-corrected chi connectivity index (χ3v) is 4.57.